The van der Waals surface area contributed by atoms with Crippen LogP contribution in [0.25, 0.3) is 11.1 Å². The van der Waals surface area contributed by atoms with Crippen molar-refractivity contribution in [1.82, 2.24) is 14.9 Å². The Morgan fingerprint density at radius 3 is 2.40 bits per heavy atom. The predicted molar refractivity (Wildman–Crippen MR) is 114 cm³/mol. The fourth-order valence-electron chi connectivity index (χ4n) is 3.62. The largest absolute Gasteiger partial charge is 0.390 e. The van der Waals surface area contributed by atoms with Crippen LogP contribution in [-0.4, -0.2) is 52.9 Å². The second-order valence-corrected chi connectivity index (χ2v) is 7.67. The fourth-order valence-corrected chi connectivity index (χ4v) is 3.62. The molecule has 0 radical (unpaired) electrons. The van der Waals surface area contributed by atoms with Crippen LogP contribution in [0.4, 0.5) is 10.3 Å². The standard InChI is InChI=1S/C23H22FN5O/c24-22-9-5-4-8-21(22)18-10-25-23(26-11-18)29-13-19(14-29)27-30-20-15-28(16-20)12-17-6-2-1-3-7-17/h1-11,20H,12-16H2. The summed E-state index contributed by atoms with van der Waals surface area (Å²) in [4.78, 5) is 18.8. The summed E-state index contributed by atoms with van der Waals surface area (Å²) in [5, 5.41) is 4.29. The predicted octanol–water partition coefficient (Wildman–Crippen LogP) is 3.36. The van der Waals surface area contributed by atoms with Gasteiger partial charge in [-0.05, 0) is 11.6 Å². The van der Waals surface area contributed by atoms with Gasteiger partial charge in [-0.1, -0.05) is 53.7 Å². The van der Waals surface area contributed by atoms with Gasteiger partial charge in [-0.15, -0.1) is 0 Å². The summed E-state index contributed by atoms with van der Waals surface area (Å²) >= 11 is 0. The van der Waals surface area contributed by atoms with Crippen LogP contribution in [0.2, 0.25) is 0 Å². The molecule has 1 aromatic heterocycles. The molecule has 0 unspecified atom stereocenters. The molecule has 2 aromatic carbocycles. The van der Waals surface area contributed by atoms with Crippen LogP contribution in [0.1, 0.15) is 5.56 Å². The fraction of sp³-hybridized carbons (Fsp3) is 0.261. The Kier molecular flexibility index (Phi) is 5.11. The number of hydrogen-bond acceptors (Lipinski definition) is 6. The number of benzene rings is 2. The van der Waals surface area contributed by atoms with Crippen molar-refractivity contribution in [3.8, 4) is 11.1 Å². The third-order valence-electron chi connectivity index (χ3n) is 5.36. The number of halogens is 1. The summed E-state index contributed by atoms with van der Waals surface area (Å²) in [5.74, 6) is 0.342. The van der Waals surface area contributed by atoms with Gasteiger partial charge in [0, 0.05) is 43.2 Å². The molecule has 0 spiro atoms. The highest BCUT2D eigenvalue weighted by atomic mass is 19.1. The van der Waals surface area contributed by atoms with E-state index in [1.54, 1.807) is 30.6 Å². The Bertz CT molecular complexity index is 1030. The van der Waals surface area contributed by atoms with Gasteiger partial charge >= 0.3 is 0 Å². The minimum Gasteiger partial charge on any atom is -0.390 e. The Balaban J connectivity index is 1.08. The molecule has 0 bridgehead atoms. The molecule has 0 aliphatic carbocycles. The van der Waals surface area contributed by atoms with Crippen molar-refractivity contribution in [3.63, 3.8) is 0 Å². The van der Waals surface area contributed by atoms with Gasteiger partial charge in [0.25, 0.3) is 0 Å². The highest BCUT2D eigenvalue weighted by molar-refractivity contribution is 5.98. The first-order chi connectivity index (χ1) is 14.7. The molecule has 6 nitrogen and oxygen atoms in total. The molecule has 0 atom stereocenters. The lowest BCUT2D eigenvalue weighted by Gasteiger charge is -2.38. The first-order valence-electron chi connectivity index (χ1n) is 10.0. The number of likely N-dealkylation sites (tertiary alicyclic amines) is 1. The van der Waals surface area contributed by atoms with E-state index in [1.165, 1.54) is 11.6 Å². The van der Waals surface area contributed by atoms with E-state index in [-0.39, 0.29) is 11.9 Å². The molecule has 7 heteroatoms. The van der Waals surface area contributed by atoms with Gasteiger partial charge in [-0.25, -0.2) is 14.4 Å². The maximum absolute atomic E-state index is 13.9. The number of oxime groups is 1. The molecule has 0 saturated carbocycles. The Morgan fingerprint density at radius 2 is 1.67 bits per heavy atom. The summed E-state index contributed by atoms with van der Waals surface area (Å²) in [7, 11) is 0. The van der Waals surface area contributed by atoms with Crippen LogP contribution in [-0.2, 0) is 11.4 Å². The van der Waals surface area contributed by atoms with Crippen molar-refractivity contribution in [1.29, 1.82) is 0 Å². The normalized spacial score (nSPS) is 16.7. The zero-order valence-electron chi connectivity index (χ0n) is 16.5. The van der Waals surface area contributed by atoms with Crippen molar-refractivity contribution >= 4 is 11.7 Å². The van der Waals surface area contributed by atoms with Gasteiger partial charge in [-0.2, -0.15) is 0 Å². The third kappa shape index (κ3) is 4.02. The van der Waals surface area contributed by atoms with Gasteiger partial charge in [0.15, 0.2) is 6.10 Å². The molecule has 2 aliphatic heterocycles. The van der Waals surface area contributed by atoms with E-state index in [9.17, 15) is 4.39 Å². The van der Waals surface area contributed by atoms with Gasteiger partial charge in [0.1, 0.15) is 5.82 Å². The lowest BCUT2D eigenvalue weighted by atomic mass is 10.1. The van der Waals surface area contributed by atoms with Crippen molar-refractivity contribution < 1.29 is 9.23 Å². The van der Waals surface area contributed by atoms with E-state index in [0.717, 1.165) is 25.3 Å². The molecule has 2 saturated heterocycles. The SMILES string of the molecule is Fc1ccccc1-c1cnc(N2CC(=NOC3CN(Cc4ccccc4)C3)C2)nc1. The lowest BCUT2D eigenvalue weighted by Crippen LogP contribution is -2.52. The van der Waals surface area contributed by atoms with Crippen molar-refractivity contribution in [3.05, 3.63) is 78.4 Å². The smallest absolute Gasteiger partial charge is 0.225 e. The summed E-state index contributed by atoms with van der Waals surface area (Å²) in [6.45, 7) is 4.05. The quantitative estimate of drug-likeness (QED) is 0.591. The average Bonchev–Trinajstić information content (AvgIpc) is 2.72. The molecule has 152 valence electrons. The number of anilines is 1. The van der Waals surface area contributed by atoms with Crippen LogP contribution in [0, 0.1) is 5.82 Å². The first kappa shape index (κ1) is 18.7. The van der Waals surface area contributed by atoms with Crippen LogP contribution < -0.4 is 4.90 Å². The molecule has 3 aromatic rings. The third-order valence-corrected chi connectivity index (χ3v) is 5.36. The van der Waals surface area contributed by atoms with E-state index < -0.39 is 0 Å². The number of rotatable bonds is 6. The van der Waals surface area contributed by atoms with E-state index in [4.69, 9.17) is 4.84 Å². The van der Waals surface area contributed by atoms with Crippen LogP contribution >= 0.6 is 0 Å². The van der Waals surface area contributed by atoms with Crippen LogP contribution in [0.5, 0.6) is 0 Å². The molecular weight excluding hydrogens is 381 g/mol. The van der Waals surface area contributed by atoms with E-state index in [2.05, 4.69) is 44.3 Å². The van der Waals surface area contributed by atoms with Gasteiger partial charge in [-0.3, -0.25) is 4.90 Å². The first-order valence-corrected chi connectivity index (χ1v) is 10.0. The molecule has 2 aliphatic rings. The van der Waals surface area contributed by atoms with Crippen molar-refractivity contribution in [2.75, 3.05) is 31.1 Å². The number of nitrogens with zero attached hydrogens (tertiary/aromatic N) is 5. The monoisotopic (exact) mass is 403 g/mol. The Morgan fingerprint density at radius 1 is 0.967 bits per heavy atom. The van der Waals surface area contributed by atoms with Gasteiger partial charge in [0.05, 0.1) is 18.8 Å². The Hall–Kier alpha value is -3.32. The number of hydrogen-bond donors (Lipinski definition) is 0. The highest BCUT2D eigenvalue weighted by Gasteiger charge is 2.30. The molecule has 30 heavy (non-hydrogen) atoms. The number of aromatic nitrogens is 2. The minimum atomic E-state index is -0.275. The van der Waals surface area contributed by atoms with E-state index in [1.807, 2.05) is 11.0 Å². The van der Waals surface area contributed by atoms with Crippen LogP contribution in [0.15, 0.2) is 72.1 Å². The van der Waals surface area contributed by atoms with E-state index in [0.29, 0.717) is 30.2 Å². The minimum absolute atomic E-state index is 0.159. The second kappa shape index (κ2) is 8.20. The maximum Gasteiger partial charge on any atom is 0.225 e. The second-order valence-electron chi connectivity index (χ2n) is 7.67. The summed E-state index contributed by atoms with van der Waals surface area (Å²) in [5.41, 5.74) is 3.47. The molecular formula is C23H22FN5O. The molecule has 2 fully saturated rings. The van der Waals surface area contributed by atoms with Crippen molar-refractivity contribution in [2.24, 2.45) is 5.16 Å². The van der Waals surface area contributed by atoms with Crippen molar-refractivity contribution in [2.45, 2.75) is 12.6 Å². The summed E-state index contributed by atoms with van der Waals surface area (Å²) in [6, 6.07) is 17.1. The summed E-state index contributed by atoms with van der Waals surface area (Å²) in [6.07, 6.45) is 3.47. The molecule has 5 rings (SSSR count). The average molecular weight is 403 g/mol. The highest BCUT2D eigenvalue weighted by Crippen LogP contribution is 2.23. The topological polar surface area (TPSA) is 53.9 Å². The van der Waals surface area contributed by atoms with E-state index >= 15 is 0 Å². The lowest BCUT2D eigenvalue weighted by molar-refractivity contribution is -0.0566. The maximum atomic E-state index is 13.9. The molecule has 0 N–H and O–H groups in total. The summed E-state index contributed by atoms with van der Waals surface area (Å²) < 4.78 is 13.9. The Labute approximate surface area is 174 Å². The van der Waals surface area contributed by atoms with Gasteiger partial charge < -0.3 is 9.74 Å². The molecule has 0 amide bonds. The zero-order chi connectivity index (χ0) is 20.3. The van der Waals surface area contributed by atoms with Gasteiger partial charge in [0.2, 0.25) is 5.95 Å². The molecule has 3 heterocycles. The van der Waals surface area contributed by atoms with Crippen LogP contribution in [0.3, 0.4) is 0 Å². The zero-order valence-corrected chi connectivity index (χ0v) is 16.5.